The minimum absolute atomic E-state index is 0.0500. The monoisotopic (exact) mass is 392 g/mol. The van der Waals surface area contributed by atoms with Gasteiger partial charge in [0, 0.05) is 13.1 Å². The summed E-state index contributed by atoms with van der Waals surface area (Å²) in [4.78, 5) is 43.2. The molecule has 29 heavy (non-hydrogen) atoms. The first-order chi connectivity index (χ1) is 14.0. The van der Waals surface area contributed by atoms with Crippen LogP contribution in [0.1, 0.15) is 49.3 Å². The number of benzene rings is 1. The van der Waals surface area contributed by atoms with Crippen LogP contribution in [0.3, 0.4) is 0 Å². The van der Waals surface area contributed by atoms with Gasteiger partial charge in [0.05, 0.1) is 24.3 Å². The molecule has 1 saturated carbocycles. The Morgan fingerprint density at radius 2 is 1.55 bits per heavy atom. The third-order valence-electron chi connectivity index (χ3n) is 7.35. The SMILES string of the molecule is Cc1ccc(C(CC(=O)N2CCCCC2)N2C(=O)C3C4C=CC(C4)C3C2=O)cc1. The third-order valence-corrected chi connectivity index (χ3v) is 7.35. The van der Waals surface area contributed by atoms with Crippen LogP contribution in [0.4, 0.5) is 0 Å². The van der Waals surface area contributed by atoms with Crippen molar-refractivity contribution in [3.8, 4) is 0 Å². The van der Waals surface area contributed by atoms with Gasteiger partial charge >= 0.3 is 0 Å². The summed E-state index contributed by atoms with van der Waals surface area (Å²) < 4.78 is 0. The molecule has 5 nitrogen and oxygen atoms in total. The van der Waals surface area contributed by atoms with Crippen LogP contribution in [0.25, 0.3) is 0 Å². The molecule has 152 valence electrons. The van der Waals surface area contributed by atoms with Crippen LogP contribution < -0.4 is 0 Å². The second kappa shape index (κ2) is 7.12. The molecule has 5 unspecified atom stereocenters. The fourth-order valence-electron chi connectivity index (χ4n) is 5.82. The lowest BCUT2D eigenvalue weighted by molar-refractivity contribution is -0.145. The van der Waals surface area contributed by atoms with Crippen LogP contribution in [0.5, 0.6) is 0 Å². The first kappa shape index (κ1) is 18.6. The standard InChI is InChI=1S/C24H28N2O3/c1-15-5-7-16(8-6-15)19(14-20(27)25-11-3-2-4-12-25)26-23(28)21-17-9-10-18(13-17)22(21)24(26)29/h5-10,17-19,21-22H,2-4,11-14H2,1H3. The van der Waals surface area contributed by atoms with Crippen LogP contribution in [-0.4, -0.2) is 40.6 Å². The number of imide groups is 1. The summed E-state index contributed by atoms with van der Waals surface area (Å²) in [5.74, 6) is -0.186. The largest absolute Gasteiger partial charge is 0.343 e. The minimum atomic E-state index is -0.505. The van der Waals surface area contributed by atoms with Gasteiger partial charge in [-0.2, -0.15) is 0 Å². The fraction of sp³-hybridized carbons (Fsp3) is 0.542. The zero-order chi connectivity index (χ0) is 20.1. The number of aryl methyl sites for hydroxylation is 1. The molecule has 5 atom stereocenters. The predicted molar refractivity (Wildman–Crippen MR) is 109 cm³/mol. The van der Waals surface area contributed by atoms with Crippen molar-refractivity contribution in [1.82, 2.24) is 9.80 Å². The van der Waals surface area contributed by atoms with Gasteiger partial charge in [0.1, 0.15) is 0 Å². The highest BCUT2D eigenvalue weighted by Gasteiger charge is 2.60. The molecule has 0 aromatic heterocycles. The van der Waals surface area contributed by atoms with Gasteiger partial charge in [-0.15, -0.1) is 0 Å². The highest BCUT2D eigenvalue weighted by atomic mass is 16.2. The number of fused-ring (bicyclic) bond motifs is 5. The van der Waals surface area contributed by atoms with E-state index in [2.05, 4.69) is 12.2 Å². The van der Waals surface area contributed by atoms with Crippen LogP contribution in [0.15, 0.2) is 36.4 Å². The lowest BCUT2D eigenvalue weighted by atomic mass is 9.85. The maximum absolute atomic E-state index is 13.4. The van der Waals surface area contributed by atoms with Gasteiger partial charge in [-0.05, 0) is 50.0 Å². The zero-order valence-corrected chi connectivity index (χ0v) is 16.9. The molecule has 0 N–H and O–H groups in total. The summed E-state index contributed by atoms with van der Waals surface area (Å²) in [6.07, 6.45) is 8.54. The van der Waals surface area contributed by atoms with Gasteiger partial charge in [-0.25, -0.2) is 0 Å². The number of rotatable bonds is 4. The summed E-state index contributed by atoms with van der Waals surface area (Å²) in [6.45, 7) is 3.57. The van der Waals surface area contributed by atoms with Crippen molar-refractivity contribution >= 4 is 17.7 Å². The summed E-state index contributed by atoms with van der Waals surface area (Å²) in [6, 6.07) is 7.40. The number of hydrogen-bond acceptors (Lipinski definition) is 3. The molecule has 1 aromatic carbocycles. The van der Waals surface area contributed by atoms with Gasteiger partial charge in [-0.1, -0.05) is 42.0 Å². The van der Waals surface area contributed by atoms with E-state index in [1.54, 1.807) is 0 Å². The Kier molecular flexibility index (Phi) is 4.56. The third kappa shape index (κ3) is 3.02. The molecule has 2 aliphatic carbocycles. The normalized spacial score (nSPS) is 31.5. The van der Waals surface area contributed by atoms with E-state index in [4.69, 9.17) is 0 Å². The Bertz CT molecular complexity index is 839. The Labute approximate surface area is 171 Å². The first-order valence-electron chi connectivity index (χ1n) is 10.9. The number of nitrogens with zero attached hydrogens (tertiary/aromatic N) is 2. The number of carbonyl (C=O) groups excluding carboxylic acids is 3. The van der Waals surface area contributed by atoms with Gasteiger partial charge in [-0.3, -0.25) is 19.3 Å². The molecule has 5 rings (SSSR count). The number of piperidine rings is 1. The topological polar surface area (TPSA) is 57.7 Å². The van der Waals surface area contributed by atoms with Crippen LogP contribution in [0.2, 0.25) is 0 Å². The number of allylic oxidation sites excluding steroid dienone is 2. The van der Waals surface area contributed by atoms with E-state index < -0.39 is 6.04 Å². The summed E-state index contributed by atoms with van der Waals surface area (Å²) in [5, 5.41) is 0. The summed E-state index contributed by atoms with van der Waals surface area (Å²) >= 11 is 0. The van der Waals surface area contributed by atoms with Gasteiger partial charge < -0.3 is 4.90 Å². The van der Waals surface area contributed by atoms with E-state index in [1.165, 1.54) is 4.90 Å². The maximum Gasteiger partial charge on any atom is 0.234 e. The van der Waals surface area contributed by atoms with Crippen molar-refractivity contribution in [3.05, 3.63) is 47.5 Å². The molecule has 4 aliphatic rings. The Morgan fingerprint density at radius 1 is 0.966 bits per heavy atom. The molecule has 5 heteroatoms. The lowest BCUT2D eigenvalue weighted by Gasteiger charge is -2.32. The molecule has 3 fully saturated rings. The Hall–Kier alpha value is -2.43. The number of likely N-dealkylation sites (tertiary alicyclic amines) is 2. The Balaban J connectivity index is 1.45. The van der Waals surface area contributed by atoms with Crippen molar-refractivity contribution in [2.24, 2.45) is 23.7 Å². The van der Waals surface area contributed by atoms with Crippen molar-refractivity contribution < 1.29 is 14.4 Å². The van der Waals surface area contributed by atoms with E-state index in [-0.39, 0.29) is 47.8 Å². The molecule has 2 aliphatic heterocycles. The highest BCUT2D eigenvalue weighted by Crippen LogP contribution is 2.54. The molecule has 1 aromatic rings. The lowest BCUT2D eigenvalue weighted by Crippen LogP contribution is -2.41. The predicted octanol–water partition coefficient (Wildman–Crippen LogP) is 3.25. The molecular weight excluding hydrogens is 364 g/mol. The molecule has 0 radical (unpaired) electrons. The molecule has 0 spiro atoms. The van der Waals surface area contributed by atoms with Crippen LogP contribution >= 0.6 is 0 Å². The second-order valence-electron chi connectivity index (χ2n) is 9.12. The summed E-state index contributed by atoms with van der Waals surface area (Å²) in [7, 11) is 0. The average Bonchev–Trinajstić information content (AvgIpc) is 3.42. The van der Waals surface area contributed by atoms with Gasteiger partial charge in [0.25, 0.3) is 0 Å². The van der Waals surface area contributed by atoms with E-state index >= 15 is 0 Å². The van der Waals surface area contributed by atoms with Gasteiger partial charge in [0.15, 0.2) is 0 Å². The molecular formula is C24H28N2O3. The van der Waals surface area contributed by atoms with Crippen molar-refractivity contribution in [2.75, 3.05) is 13.1 Å². The van der Waals surface area contributed by atoms with Crippen molar-refractivity contribution in [1.29, 1.82) is 0 Å². The quantitative estimate of drug-likeness (QED) is 0.584. The molecule has 2 saturated heterocycles. The number of amides is 3. The van der Waals surface area contributed by atoms with Crippen molar-refractivity contribution in [3.63, 3.8) is 0 Å². The van der Waals surface area contributed by atoms with E-state index in [0.717, 1.165) is 49.9 Å². The molecule has 2 heterocycles. The highest BCUT2D eigenvalue weighted by molar-refractivity contribution is 6.07. The van der Waals surface area contributed by atoms with Crippen LogP contribution in [-0.2, 0) is 14.4 Å². The second-order valence-corrected chi connectivity index (χ2v) is 9.12. The van der Waals surface area contributed by atoms with Gasteiger partial charge in [0.2, 0.25) is 17.7 Å². The summed E-state index contributed by atoms with van der Waals surface area (Å²) in [5.41, 5.74) is 2.00. The first-order valence-corrected chi connectivity index (χ1v) is 10.9. The fourth-order valence-corrected chi connectivity index (χ4v) is 5.82. The zero-order valence-electron chi connectivity index (χ0n) is 16.9. The number of carbonyl (C=O) groups is 3. The molecule has 3 amide bonds. The minimum Gasteiger partial charge on any atom is -0.343 e. The van der Waals surface area contributed by atoms with E-state index in [0.29, 0.717) is 0 Å². The van der Waals surface area contributed by atoms with E-state index in [1.807, 2.05) is 36.1 Å². The molecule has 2 bridgehead atoms. The maximum atomic E-state index is 13.4. The smallest absolute Gasteiger partial charge is 0.234 e. The van der Waals surface area contributed by atoms with E-state index in [9.17, 15) is 14.4 Å². The van der Waals surface area contributed by atoms with Crippen molar-refractivity contribution in [2.45, 2.75) is 45.1 Å². The number of hydrogen-bond donors (Lipinski definition) is 0. The van der Waals surface area contributed by atoms with Crippen LogP contribution in [0, 0.1) is 30.6 Å². The Morgan fingerprint density at radius 3 is 2.14 bits per heavy atom. The average molecular weight is 392 g/mol.